The molecule has 1 N–H and O–H groups in total. The van der Waals surface area contributed by atoms with Crippen molar-refractivity contribution in [2.24, 2.45) is 0 Å². The molecule has 1 heterocycles. The molecule has 9 heteroatoms. The smallest absolute Gasteiger partial charge is 0.331 e. The summed E-state index contributed by atoms with van der Waals surface area (Å²) in [6.45, 7) is -0.425. The Balaban J connectivity index is 1.50. The third-order valence-corrected chi connectivity index (χ3v) is 5.34. The normalized spacial score (nSPS) is 10.9. The molecule has 0 unspecified atom stereocenters. The number of benzene rings is 2. The lowest BCUT2D eigenvalue weighted by Crippen LogP contribution is -2.20. The average Bonchev–Trinajstić information content (AvgIpc) is 3.16. The van der Waals surface area contributed by atoms with Crippen LogP contribution in [0.1, 0.15) is 5.56 Å². The molecule has 0 bridgehead atoms. The number of carbonyl (C=O) groups excluding carboxylic acids is 2. The Labute approximate surface area is 185 Å². The van der Waals surface area contributed by atoms with Gasteiger partial charge in [0.2, 0.25) is 0 Å². The minimum atomic E-state index is -0.634. The number of rotatable bonds is 6. The largest absolute Gasteiger partial charge is 0.452 e. The molecular formula is C20H13Cl3N2O3S. The first-order valence-corrected chi connectivity index (χ1v) is 10.2. The van der Waals surface area contributed by atoms with Gasteiger partial charge in [0.25, 0.3) is 5.91 Å². The SMILES string of the molecule is O=C(COC(=O)/C=C/c1ccc(Cl)cc1)Nc1nc(-c2ccc(Cl)c(Cl)c2)cs1. The number of nitrogens with one attached hydrogen (secondary N) is 1. The maximum atomic E-state index is 12.0. The van der Waals surface area contributed by atoms with Crippen LogP contribution in [0.25, 0.3) is 17.3 Å². The van der Waals surface area contributed by atoms with Crippen molar-refractivity contribution in [3.05, 3.63) is 74.6 Å². The number of hydrogen-bond acceptors (Lipinski definition) is 5. The number of nitrogens with zero attached hydrogens (tertiary/aromatic N) is 1. The Morgan fingerprint density at radius 1 is 1.07 bits per heavy atom. The van der Waals surface area contributed by atoms with E-state index >= 15 is 0 Å². The van der Waals surface area contributed by atoms with Gasteiger partial charge in [-0.2, -0.15) is 0 Å². The van der Waals surface area contributed by atoms with Crippen molar-refractivity contribution in [2.45, 2.75) is 0 Å². The highest BCUT2D eigenvalue weighted by Crippen LogP contribution is 2.30. The van der Waals surface area contributed by atoms with Gasteiger partial charge in [-0.25, -0.2) is 9.78 Å². The highest BCUT2D eigenvalue weighted by Gasteiger charge is 2.11. The minimum Gasteiger partial charge on any atom is -0.452 e. The molecule has 0 radical (unpaired) electrons. The third-order valence-electron chi connectivity index (χ3n) is 3.59. The topological polar surface area (TPSA) is 68.3 Å². The fourth-order valence-electron chi connectivity index (χ4n) is 2.20. The first-order valence-electron chi connectivity index (χ1n) is 8.22. The van der Waals surface area contributed by atoms with Crippen LogP contribution in [-0.2, 0) is 14.3 Å². The van der Waals surface area contributed by atoms with Crippen molar-refractivity contribution >= 4 is 69.2 Å². The molecule has 0 saturated heterocycles. The maximum Gasteiger partial charge on any atom is 0.331 e. The zero-order valence-corrected chi connectivity index (χ0v) is 17.8. The molecule has 3 aromatic rings. The van der Waals surface area contributed by atoms with Crippen LogP contribution in [0.4, 0.5) is 5.13 Å². The molecular weight excluding hydrogens is 455 g/mol. The monoisotopic (exact) mass is 466 g/mol. The molecule has 5 nitrogen and oxygen atoms in total. The van der Waals surface area contributed by atoms with Gasteiger partial charge >= 0.3 is 5.97 Å². The standard InChI is InChI=1S/C20H13Cl3N2O3S/c21-14-5-1-12(2-6-14)3-8-19(27)28-10-18(26)25-20-24-17(11-29-20)13-4-7-15(22)16(23)9-13/h1-9,11H,10H2,(H,24,25,26)/b8-3+. The zero-order chi connectivity index (χ0) is 20.8. The fourth-order valence-corrected chi connectivity index (χ4v) is 3.36. The molecule has 0 spiro atoms. The summed E-state index contributed by atoms with van der Waals surface area (Å²) < 4.78 is 4.92. The Morgan fingerprint density at radius 2 is 1.83 bits per heavy atom. The average molecular weight is 468 g/mol. The second kappa shape index (κ2) is 9.89. The molecule has 0 aliphatic rings. The number of halogens is 3. The van der Waals surface area contributed by atoms with Gasteiger partial charge in [0, 0.05) is 22.0 Å². The lowest BCUT2D eigenvalue weighted by atomic mass is 10.2. The molecule has 1 aromatic heterocycles. The number of ether oxygens (including phenoxy) is 1. The van der Waals surface area contributed by atoms with E-state index in [4.69, 9.17) is 39.5 Å². The van der Waals surface area contributed by atoms with Crippen molar-refractivity contribution in [3.8, 4) is 11.3 Å². The van der Waals surface area contributed by atoms with E-state index in [1.807, 2.05) is 0 Å². The van der Waals surface area contributed by atoms with Crippen molar-refractivity contribution in [1.82, 2.24) is 4.98 Å². The Kier molecular flexibility index (Phi) is 7.28. The van der Waals surface area contributed by atoms with E-state index in [2.05, 4.69) is 10.3 Å². The van der Waals surface area contributed by atoms with Crippen LogP contribution in [0.2, 0.25) is 15.1 Å². The summed E-state index contributed by atoms with van der Waals surface area (Å²) in [5.74, 6) is -1.13. The second-order valence-corrected chi connectivity index (χ2v) is 7.82. The highest BCUT2D eigenvalue weighted by molar-refractivity contribution is 7.14. The van der Waals surface area contributed by atoms with Gasteiger partial charge in [0.1, 0.15) is 0 Å². The van der Waals surface area contributed by atoms with E-state index in [1.165, 1.54) is 17.4 Å². The number of hydrogen-bond donors (Lipinski definition) is 1. The van der Waals surface area contributed by atoms with Crippen molar-refractivity contribution in [3.63, 3.8) is 0 Å². The number of esters is 1. The third kappa shape index (κ3) is 6.30. The summed E-state index contributed by atoms with van der Waals surface area (Å²) in [6.07, 6.45) is 2.81. The Hall–Kier alpha value is -2.38. The van der Waals surface area contributed by atoms with Gasteiger partial charge in [-0.3, -0.25) is 10.1 Å². The molecule has 3 rings (SSSR count). The van der Waals surface area contributed by atoms with Gasteiger partial charge in [-0.15, -0.1) is 11.3 Å². The van der Waals surface area contributed by atoms with Crippen LogP contribution < -0.4 is 5.32 Å². The summed E-state index contributed by atoms with van der Waals surface area (Å²) in [6, 6.07) is 12.1. The summed E-state index contributed by atoms with van der Waals surface area (Å²) in [7, 11) is 0. The Morgan fingerprint density at radius 3 is 2.55 bits per heavy atom. The predicted octanol–water partition coefficient (Wildman–Crippen LogP) is 5.97. The van der Waals surface area contributed by atoms with E-state index in [1.54, 1.807) is 53.9 Å². The second-order valence-electron chi connectivity index (χ2n) is 5.71. The maximum absolute atomic E-state index is 12.0. The first kappa shape index (κ1) is 21.3. The van der Waals surface area contributed by atoms with Crippen LogP contribution in [0.5, 0.6) is 0 Å². The van der Waals surface area contributed by atoms with Crippen molar-refractivity contribution in [1.29, 1.82) is 0 Å². The van der Waals surface area contributed by atoms with Crippen LogP contribution in [0, 0.1) is 0 Å². The number of thiazole rings is 1. The first-order chi connectivity index (χ1) is 13.9. The van der Waals surface area contributed by atoms with E-state index in [-0.39, 0.29) is 0 Å². The van der Waals surface area contributed by atoms with Gasteiger partial charge < -0.3 is 4.74 Å². The predicted molar refractivity (Wildman–Crippen MR) is 118 cm³/mol. The minimum absolute atomic E-state index is 0.379. The van der Waals surface area contributed by atoms with Crippen molar-refractivity contribution < 1.29 is 14.3 Å². The molecule has 148 valence electrons. The van der Waals surface area contributed by atoms with Gasteiger partial charge in [0.15, 0.2) is 11.7 Å². The molecule has 1 amide bonds. The Bertz CT molecular complexity index is 1070. The van der Waals surface area contributed by atoms with E-state index < -0.39 is 18.5 Å². The molecule has 2 aromatic carbocycles. The molecule has 0 saturated carbocycles. The summed E-state index contributed by atoms with van der Waals surface area (Å²) in [5, 5.41) is 6.21. The van der Waals surface area contributed by atoms with Gasteiger partial charge in [0.05, 0.1) is 15.7 Å². The zero-order valence-electron chi connectivity index (χ0n) is 14.7. The molecule has 0 fully saturated rings. The van der Waals surface area contributed by atoms with E-state index in [0.29, 0.717) is 25.9 Å². The number of anilines is 1. The lowest BCUT2D eigenvalue weighted by Gasteiger charge is -2.02. The van der Waals surface area contributed by atoms with Gasteiger partial charge in [-0.1, -0.05) is 53.0 Å². The van der Waals surface area contributed by atoms with Crippen molar-refractivity contribution in [2.75, 3.05) is 11.9 Å². The van der Waals surface area contributed by atoms with E-state index in [0.717, 1.165) is 11.1 Å². The molecule has 0 atom stereocenters. The van der Waals surface area contributed by atoms with Crippen LogP contribution in [0.3, 0.4) is 0 Å². The fraction of sp³-hybridized carbons (Fsp3) is 0.0500. The number of carbonyl (C=O) groups is 2. The molecule has 29 heavy (non-hydrogen) atoms. The number of amides is 1. The van der Waals surface area contributed by atoms with E-state index in [9.17, 15) is 9.59 Å². The highest BCUT2D eigenvalue weighted by atomic mass is 35.5. The number of aromatic nitrogens is 1. The lowest BCUT2D eigenvalue weighted by molar-refractivity contribution is -0.142. The van der Waals surface area contributed by atoms with Crippen LogP contribution in [0.15, 0.2) is 53.9 Å². The van der Waals surface area contributed by atoms with Crippen LogP contribution in [-0.4, -0.2) is 23.5 Å². The van der Waals surface area contributed by atoms with Crippen LogP contribution >= 0.6 is 46.1 Å². The summed E-state index contributed by atoms with van der Waals surface area (Å²) >= 11 is 19.0. The van der Waals surface area contributed by atoms with Gasteiger partial charge in [-0.05, 0) is 35.9 Å². The summed E-state index contributed by atoms with van der Waals surface area (Å²) in [4.78, 5) is 28.0. The molecule has 0 aliphatic heterocycles. The quantitative estimate of drug-likeness (QED) is 0.358. The molecule has 0 aliphatic carbocycles. The summed E-state index contributed by atoms with van der Waals surface area (Å²) in [5.41, 5.74) is 2.20.